The van der Waals surface area contributed by atoms with Gasteiger partial charge in [0.05, 0.1) is 16.8 Å². The van der Waals surface area contributed by atoms with E-state index in [0.29, 0.717) is 46.9 Å². The maximum Gasteiger partial charge on any atom is 0.262 e. The number of nitrogens with one attached hydrogen (secondary N) is 2. The Kier molecular flexibility index (Phi) is 6.74. The number of hydrogen-bond acceptors (Lipinski definition) is 10. The average molecular weight is 662 g/mol. The number of anilines is 2. The molecule has 0 aliphatic carbocycles. The molecule has 0 radical (unpaired) electrons. The molecule has 3 aromatic rings. The van der Waals surface area contributed by atoms with Gasteiger partial charge in [0.2, 0.25) is 11.8 Å². The lowest BCUT2D eigenvalue weighted by molar-refractivity contribution is -0.136. The normalized spacial score (nSPS) is 25.8. The van der Waals surface area contributed by atoms with Gasteiger partial charge in [-0.15, -0.1) is 10.2 Å². The Balaban J connectivity index is 0.788. The van der Waals surface area contributed by atoms with Gasteiger partial charge in [0, 0.05) is 74.6 Å². The van der Waals surface area contributed by atoms with Gasteiger partial charge in [-0.05, 0) is 73.6 Å². The third-order valence-electron chi connectivity index (χ3n) is 11.2. The molecule has 9 rings (SSSR count). The minimum atomic E-state index is -0.966. The van der Waals surface area contributed by atoms with Gasteiger partial charge >= 0.3 is 0 Å². The number of rotatable bonds is 6. The summed E-state index contributed by atoms with van der Waals surface area (Å²) in [6, 6.07) is 14.8. The first-order valence-electron chi connectivity index (χ1n) is 17.6. The van der Waals surface area contributed by atoms with Gasteiger partial charge in [0.25, 0.3) is 17.7 Å². The van der Waals surface area contributed by atoms with Crippen molar-refractivity contribution in [3.05, 3.63) is 70.8 Å². The van der Waals surface area contributed by atoms with Crippen LogP contribution in [0.5, 0.6) is 0 Å². The predicted octanol–water partition coefficient (Wildman–Crippen LogP) is 1.97. The second-order valence-electron chi connectivity index (χ2n) is 14.0. The van der Waals surface area contributed by atoms with Crippen LogP contribution in [0.25, 0.3) is 11.3 Å². The van der Waals surface area contributed by atoms with Crippen molar-refractivity contribution in [2.45, 2.75) is 56.8 Å². The molecule has 2 N–H and O–H groups in total. The van der Waals surface area contributed by atoms with E-state index in [-0.39, 0.29) is 24.7 Å². The van der Waals surface area contributed by atoms with Crippen molar-refractivity contribution in [2.24, 2.45) is 5.92 Å². The van der Waals surface area contributed by atoms with E-state index >= 15 is 0 Å². The number of hydrogen-bond donors (Lipinski definition) is 2. The molecule has 3 atom stereocenters. The van der Waals surface area contributed by atoms with Gasteiger partial charge in [-0.2, -0.15) is 0 Å². The Bertz CT molecular complexity index is 1960. The van der Waals surface area contributed by atoms with Crippen LogP contribution in [-0.2, 0) is 16.1 Å². The molecule has 6 aliphatic heterocycles. The van der Waals surface area contributed by atoms with Crippen molar-refractivity contribution in [1.82, 2.24) is 30.6 Å². The molecule has 13 heteroatoms. The fourth-order valence-electron chi connectivity index (χ4n) is 8.57. The van der Waals surface area contributed by atoms with Crippen LogP contribution in [0.3, 0.4) is 0 Å². The number of fused-ring (bicyclic) bond motifs is 4. The number of nitrogens with zero attached hydrogens (tertiary/aromatic N) is 6. The monoisotopic (exact) mass is 661 g/mol. The van der Waals surface area contributed by atoms with E-state index in [9.17, 15) is 24.0 Å². The number of piperidine rings is 2. The number of benzene rings is 2. The summed E-state index contributed by atoms with van der Waals surface area (Å²) < 4.78 is 7.76. The first-order valence-corrected chi connectivity index (χ1v) is 17.1. The second kappa shape index (κ2) is 11.5. The molecule has 2 bridgehead atoms. The molecule has 4 fully saturated rings. The van der Waals surface area contributed by atoms with E-state index in [0.717, 1.165) is 84.8 Å². The zero-order chi connectivity index (χ0) is 34.3. The minimum Gasteiger partial charge on any atom is -0.366 e. The molecule has 250 valence electrons. The zero-order valence-electron chi connectivity index (χ0n) is 27.9. The van der Waals surface area contributed by atoms with Crippen LogP contribution < -0.4 is 20.4 Å². The van der Waals surface area contributed by atoms with Gasteiger partial charge in [0.15, 0.2) is 7.23 Å². The highest BCUT2D eigenvalue weighted by atomic mass is 16.2. The summed E-state index contributed by atoms with van der Waals surface area (Å²) in [5, 5.41) is 12.2. The number of amides is 5. The zero-order valence-corrected chi connectivity index (χ0v) is 26.9. The standard InChI is InChI=1S/C36H36N8O5/c45-32-8-6-30(34(47)38-32)44-35(48)26-4-3-23(15-28(26)36(44)49)43-19-24-14-25(43)18-42(24)17-20-9-11-41(12-10-20)31-7-5-29(39-40-31)21-1-2-22-16-37-33(46)27(22)13-21/h1-5,7,13,15,20,24-25,30H,6,8-12,14,16-19H2,(H,37,46)(H,38,45,47)/i/hD. The number of piperazine rings is 1. The van der Waals surface area contributed by atoms with Gasteiger partial charge in [-0.25, -0.2) is 0 Å². The van der Waals surface area contributed by atoms with Gasteiger partial charge in [0.1, 0.15) is 6.04 Å². The van der Waals surface area contributed by atoms with Crippen molar-refractivity contribution in [2.75, 3.05) is 42.5 Å². The van der Waals surface area contributed by atoms with Crippen molar-refractivity contribution in [1.29, 1.82) is 0 Å². The topological polar surface area (TPSA) is 148 Å². The molecule has 13 nitrogen and oxygen atoms in total. The summed E-state index contributed by atoms with van der Waals surface area (Å²) in [7, 11) is 0. The second-order valence-corrected chi connectivity index (χ2v) is 14.0. The summed E-state index contributed by atoms with van der Waals surface area (Å²) in [5.74, 6) is -0.782. The highest BCUT2D eigenvalue weighted by Gasteiger charge is 2.47. The molecule has 7 heterocycles. The molecule has 1 aromatic heterocycles. The van der Waals surface area contributed by atoms with Crippen LogP contribution in [0.1, 0.15) is 68.7 Å². The van der Waals surface area contributed by atoms with Crippen LogP contribution in [0.2, 0.25) is 1.41 Å². The lowest BCUT2D eigenvalue weighted by atomic mass is 9.95. The molecule has 2 aromatic carbocycles. The molecular weight excluding hydrogens is 624 g/mol. The first kappa shape index (κ1) is 28.8. The quantitative estimate of drug-likeness (QED) is 0.376. The van der Waals surface area contributed by atoms with E-state index in [1.807, 2.05) is 30.3 Å². The number of imide groups is 2. The molecule has 3 unspecified atom stereocenters. The largest absolute Gasteiger partial charge is 0.366 e. The maximum atomic E-state index is 13.4. The van der Waals surface area contributed by atoms with Gasteiger partial charge < -0.3 is 15.1 Å². The van der Waals surface area contributed by atoms with E-state index in [1.54, 1.807) is 18.2 Å². The van der Waals surface area contributed by atoms with Crippen LogP contribution in [0.15, 0.2) is 48.5 Å². The number of likely N-dealkylation sites (tertiary alicyclic amines) is 1. The minimum absolute atomic E-state index is 0.0975. The van der Waals surface area contributed by atoms with E-state index in [2.05, 4.69) is 30.2 Å². The summed E-state index contributed by atoms with van der Waals surface area (Å²) in [6.07, 6.45) is 3.45. The molecule has 4 saturated heterocycles. The van der Waals surface area contributed by atoms with Gasteiger partial charge in [-0.3, -0.25) is 39.1 Å². The van der Waals surface area contributed by atoms with E-state index < -0.39 is 23.8 Å². The van der Waals surface area contributed by atoms with E-state index in [4.69, 9.17) is 1.41 Å². The maximum absolute atomic E-state index is 13.4. The Labute approximate surface area is 284 Å². The van der Waals surface area contributed by atoms with Gasteiger partial charge in [-0.1, -0.05) is 12.1 Å². The summed E-state index contributed by atoms with van der Waals surface area (Å²) >= 11 is 0. The predicted molar refractivity (Wildman–Crippen MR) is 178 cm³/mol. The van der Waals surface area contributed by atoms with Crippen LogP contribution in [0.4, 0.5) is 11.5 Å². The molecule has 5 amide bonds. The number of aromatic nitrogens is 2. The Morgan fingerprint density at radius 2 is 1.67 bits per heavy atom. The summed E-state index contributed by atoms with van der Waals surface area (Å²) in [4.78, 5) is 71.1. The van der Waals surface area contributed by atoms with Crippen molar-refractivity contribution in [3.63, 3.8) is 0 Å². The Morgan fingerprint density at radius 1 is 0.837 bits per heavy atom. The number of carbonyl (C=O) groups excluding carboxylic acids is 5. The highest BCUT2D eigenvalue weighted by Crippen LogP contribution is 2.38. The van der Waals surface area contributed by atoms with Crippen LogP contribution in [0, 0.1) is 5.92 Å². The SMILES string of the molecule is [2H]N1Cc2ccc(-c3ccc(N4CCC(CN5CC6CC5CN6c5ccc6c(c5)C(=O)N(C5CCC(=O)NC5=O)C6=O)CC4)nn3)cc2C1=O. The lowest BCUT2D eigenvalue weighted by Gasteiger charge is -2.39. The fourth-order valence-corrected chi connectivity index (χ4v) is 8.57. The lowest BCUT2D eigenvalue weighted by Crippen LogP contribution is -2.54. The third kappa shape index (κ3) is 5.06. The summed E-state index contributed by atoms with van der Waals surface area (Å²) in [5.41, 5.74) is 4.49. The van der Waals surface area contributed by atoms with Crippen molar-refractivity contribution >= 4 is 41.0 Å². The van der Waals surface area contributed by atoms with Crippen molar-refractivity contribution < 1.29 is 25.4 Å². The highest BCUT2D eigenvalue weighted by molar-refractivity contribution is 6.23. The van der Waals surface area contributed by atoms with Crippen LogP contribution >= 0.6 is 0 Å². The molecule has 6 aliphatic rings. The average Bonchev–Trinajstić information content (AvgIpc) is 3.86. The third-order valence-corrected chi connectivity index (χ3v) is 11.2. The molecule has 49 heavy (non-hydrogen) atoms. The Morgan fingerprint density at radius 3 is 2.43 bits per heavy atom. The van der Waals surface area contributed by atoms with Crippen molar-refractivity contribution in [3.8, 4) is 11.3 Å². The number of carbonyl (C=O) groups is 5. The fraction of sp³-hybridized carbons (Fsp3) is 0.417. The first-order chi connectivity index (χ1) is 24.2. The molecule has 0 saturated carbocycles. The molecule has 0 spiro atoms. The molecular formula is C36H36N8O5. The van der Waals surface area contributed by atoms with Crippen LogP contribution in [-0.4, -0.2) is 100 Å². The Hall–Kier alpha value is -5.17. The van der Waals surface area contributed by atoms with E-state index in [1.165, 1.54) is 0 Å². The summed E-state index contributed by atoms with van der Waals surface area (Å²) in [6.45, 7) is 5.01. The smallest absolute Gasteiger partial charge is 0.262 e.